The van der Waals surface area contributed by atoms with Crippen molar-refractivity contribution in [3.8, 4) is 0 Å². The second-order valence-electron chi connectivity index (χ2n) is 2.10. The first-order valence-corrected chi connectivity index (χ1v) is 3.30. The lowest BCUT2D eigenvalue weighted by atomic mass is 10.4. The minimum Gasteiger partial charge on any atom is -0.372 e. The molecule has 0 aromatic rings. The Labute approximate surface area is 70.0 Å². The van der Waals surface area contributed by atoms with Crippen LogP contribution in [0.4, 0.5) is 0 Å². The second-order valence-corrected chi connectivity index (χ2v) is 2.10. The highest BCUT2D eigenvalue weighted by atomic mass is 16.7. The quantitative estimate of drug-likeness (QED) is 0.501. The Hall–Kier alpha value is -1.14. The van der Waals surface area contributed by atoms with Gasteiger partial charge in [0.2, 0.25) is 5.91 Å². The highest BCUT2D eigenvalue weighted by molar-refractivity contribution is 5.80. The standard InChI is InChI=1S/C6H12N2O4/c1-4(11-2)6(10)8-12-3-5(7)9/h4H,3H2,1-2H3,(H2,7,9)(H,8,10). The normalized spacial score (nSPS) is 12.2. The first kappa shape index (κ1) is 10.9. The van der Waals surface area contributed by atoms with E-state index >= 15 is 0 Å². The zero-order chi connectivity index (χ0) is 9.56. The van der Waals surface area contributed by atoms with Gasteiger partial charge >= 0.3 is 0 Å². The Bertz CT molecular complexity index is 171. The van der Waals surface area contributed by atoms with Crippen molar-refractivity contribution in [1.29, 1.82) is 0 Å². The third kappa shape index (κ3) is 4.64. The number of rotatable bonds is 5. The molecule has 12 heavy (non-hydrogen) atoms. The molecule has 0 aliphatic carbocycles. The molecule has 0 spiro atoms. The first-order valence-electron chi connectivity index (χ1n) is 3.30. The number of carbonyl (C=O) groups excluding carboxylic acids is 2. The summed E-state index contributed by atoms with van der Waals surface area (Å²) in [5.74, 6) is -1.11. The van der Waals surface area contributed by atoms with Gasteiger partial charge < -0.3 is 10.5 Å². The van der Waals surface area contributed by atoms with E-state index in [1.165, 1.54) is 7.11 Å². The summed E-state index contributed by atoms with van der Waals surface area (Å²) in [6, 6.07) is 0. The summed E-state index contributed by atoms with van der Waals surface area (Å²) in [6.45, 7) is 1.20. The number of hydrogen-bond donors (Lipinski definition) is 2. The van der Waals surface area contributed by atoms with E-state index in [1.807, 2.05) is 5.48 Å². The molecular weight excluding hydrogens is 164 g/mol. The maximum atomic E-state index is 10.8. The zero-order valence-electron chi connectivity index (χ0n) is 6.99. The summed E-state index contributed by atoms with van der Waals surface area (Å²) in [5, 5.41) is 0. The van der Waals surface area contributed by atoms with Crippen molar-refractivity contribution in [3.63, 3.8) is 0 Å². The van der Waals surface area contributed by atoms with E-state index < -0.39 is 17.9 Å². The second kappa shape index (κ2) is 5.50. The van der Waals surface area contributed by atoms with Gasteiger partial charge in [-0.15, -0.1) is 0 Å². The molecule has 2 amide bonds. The van der Waals surface area contributed by atoms with Crippen LogP contribution in [0.5, 0.6) is 0 Å². The van der Waals surface area contributed by atoms with Gasteiger partial charge in [-0.2, -0.15) is 0 Å². The largest absolute Gasteiger partial charge is 0.372 e. The van der Waals surface area contributed by atoms with Crippen molar-refractivity contribution in [1.82, 2.24) is 5.48 Å². The van der Waals surface area contributed by atoms with Crippen LogP contribution in [0.1, 0.15) is 6.92 Å². The van der Waals surface area contributed by atoms with Gasteiger partial charge in [0.05, 0.1) is 0 Å². The highest BCUT2D eigenvalue weighted by Crippen LogP contribution is 1.85. The van der Waals surface area contributed by atoms with E-state index in [0.717, 1.165) is 0 Å². The maximum absolute atomic E-state index is 10.8. The molecular formula is C6H12N2O4. The van der Waals surface area contributed by atoms with Crippen molar-refractivity contribution < 1.29 is 19.2 Å². The van der Waals surface area contributed by atoms with Crippen LogP contribution in [0.2, 0.25) is 0 Å². The summed E-state index contributed by atoms with van der Waals surface area (Å²) in [4.78, 5) is 25.4. The van der Waals surface area contributed by atoms with Gasteiger partial charge in [-0.05, 0) is 6.92 Å². The van der Waals surface area contributed by atoms with Gasteiger partial charge in [0, 0.05) is 7.11 Å². The number of hydrogen-bond acceptors (Lipinski definition) is 4. The third-order valence-corrected chi connectivity index (χ3v) is 1.11. The van der Waals surface area contributed by atoms with E-state index in [0.29, 0.717) is 0 Å². The zero-order valence-corrected chi connectivity index (χ0v) is 6.99. The Morgan fingerprint density at radius 2 is 2.17 bits per heavy atom. The van der Waals surface area contributed by atoms with Gasteiger partial charge in [0.25, 0.3) is 5.91 Å². The van der Waals surface area contributed by atoms with Gasteiger partial charge in [-0.3, -0.25) is 14.4 Å². The predicted molar refractivity (Wildman–Crippen MR) is 39.8 cm³/mol. The van der Waals surface area contributed by atoms with Crippen LogP contribution >= 0.6 is 0 Å². The van der Waals surface area contributed by atoms with E-state index in [4.69, 9.17) is 5.73 Å². The van der Waals surface area contributed by atoms with Crippen molar-refractivity contribution in [2.24, 2.45) is 5.73 Å². The molecule has 3 N–H and O–H groups in total. The minimum atomic E-state index is -0.652. The Balaban J connectivity index is 3.50. The van der Waals surface area contributed by atoms with E-state index in [1.54, 1.807) is 6.92 Å². The number of primary amides is 1. The molecule has 6 heteroatoms. The van der Waals surface area contributed by atoms with Crippen molar-refractivity contribution in [2.45, 2.75) is 13.0 Å². The van der Waals surface area contributed by atoms with Gasteiger partial charge in [0.1, 0.15) is 6.10 Å². The fourth-order valence-electron chi connectivity index (χ4n) is 0.368. The van der Waals surface area contributed by atoms with Crippen LogP contribution in [0.25, 0.3) is 0 Å². The fourth-order valence-corrected chi connectivity index (χ4v) is 0.368. The van der Waals surface area contributed by atoms with Crippen molar-refractivity contribution in [2.75, 3.05) is 13.7 Å². The van der Waals surface area contributed by atoms with Crippen LogP contribution in [0.15, 0.2) is 0 Å². The van der Waals surface area contributed by atoms with Crippen molar-refractivity contribution >= 4 is 11.8 Å². The number of methoxy groups -OCH3 is 1. The molecule has 0 fully saturated rings. The van der Waals surface area contributed by atoms with Crippen LogP contribution in [-0.4, -0.2) is 31.6 Å². The average Bonchev–Trinajstić information content (AvgIpc) is 2.02. The van der Waals surface area contributed by atoms with Gasteiger partial charge in [0.15, 0.2) is 6.61 Å². The molecule has 6 nitrogen and oxygen atoms in total. The molecule has 0 bridgehead atoms. The van der Waals surface area contributed by atoms with E-state index in [9.17, 15) is 9.59 Å². The van der Waals surface area contributed by atoms with E-state index in [-0.39, 0.29) is 6.61 Å². The molecule has 0 aromatic heterocycles. The molecule has 1 unspecified atom stereocenters. The summed E-state index contributed by atoms with van der Waals surface area (Å²) in [6.07, 6.45) is -0.613. The minimum absolute atomic E-state index is 0.345. The lowest BCUT2D eigenvalue weighted by molar-refractivity contribution is -0.145. The smallest absolute Gasteiger partial charge is 0.272 e. The summed E-state index contributed by atoms with van der Waals surface area (Å²) in [5.41, 5.74) is 6.74. The first-order chi connectivity index (χ1) is 5.57. The van der Waals surface area contributed by atoms with E-state index in [2.05, 4.69) is 9.57 Å². The maximum Gasteiger partial charge on any atom is 0.272 e. The van der Waals surface area contributed by atoms with Gasteiger partial charge in [-0.1, -0.05) is 0 Å². The molecule has 0 saturated heterocycles. The topological polar surface area (TPSA) is 90.7 Å². The monoisotopic (exact) mass is 176 g/mol. The predicted octanol–water partition coefficient (Wildman–Crippen LogP) is -1.45. The van der Waals surface area contributed by atoms with Crippen LogP contribution in [0, 0.1) is 0 Å². The molecule has 70 valence electrons. The molecule has 0 aliphatic rings. The average molecular weight is 176 g/mol. The molecule has 0 rings (SSSR count). The SMILES string of the molecule is COC(C)C(=O)NOCC(N)=O. The molecule has 0 heterocycles. The van der Waals surface area contributed by atoms with Crippen LogP contribution in [-0.2, 0) is 19.2 Å². The summed E-state index contributed by atoms with van der Waals surface area (Å²) in [7, 11) is 1.39. The van der Waals surface area contributed by atoms with Crippen LogP contribution in [0.3, 0.4) is 0 Å². The fraction of sp³-hybridized carbons (Fsp3) is 0.667. The lowest BCUT2D eigenvalue weighted by Crippen LogP contribution is -2.36. The molecule has 1 atom stereocenters. The number of amides is 2. The molecule has 0 saturated carbocycles. The Morgan fingerprint density at radius 3 is 2.58 bits per heavy atom. The Morgan fingerprint density at radius 1 is 1.58 bits per heavy atom. The molecule has 0 radical (unpaired) electrons. The lowest BCUT2D eigenvalue weighted by Gasteiger charge is -2.08. The number of hydroxylamine groups is 1. The number of carbonyl (C=O) groups is 2. The number of nitrogens with one attached hydrogen (secondary N) is 1. The number of ether oxygens (including phenoxy) is 1. The van der Waals surface area contributed by atoms with Gasteiger partial charge in [-0.25, -0.2) is 5.48 Å². The highest BCUT2D eigenvalue weighted by Gasteiger charge is 2.10. The summed E-state index contributed by atoms with van der Waals surface area (Å²) < 4.78 is 4.66. The number of nitrogens with two attached hydrogens (primary N) is 1. The van der Waals surface area contributed by atoms with Crippen LogP contribution < -0.4 is 11.2 Å². The molecule has 0 aliphatic heterocycles. The third-order valence-electron chi connectivity index (χ3n) is 1.11. The molecule has 0 aromatic carbocycles. The van der Waals surface area contributed by atoms with Crippen molar-refractivity contribution in [3.05, 3.63) is 0 Å². The summed E-state index contributed by atoms with van der Waals surface area (Å²) >= 11 is 0. The Kier molecular flexibility index (Phi) is 4.98.